The van der Waals surface area contributed by atoms with Gasteiger partial charge in [0.25, 0.3) is 5.91 Å². The number of rotatable bonds is 3. The molecule has 1 heterocycles. The van der Waals surface area contributed by atoms with Crippen LogP contribution in [0.1, 0.15) is 10.4 Å². The van der Waals surface area contributed by atoms with Crippen molar-refractivity contribution < 1.29 is 13.9 Å². The molecule has 3 N–H and O–H groups in total. The Morgan fingerprint density at radius 3 is 2.80 bits per heavy atom. The van der Waals surface area contributed by atoms with E-state index < -0.39 is 11.7 Å². The number of pyridine rings is 1. The summed E-state index contributed by atoms with van der Waals surface area (Å²) in [5.74, 6) is -0.679. The number of halogens is 2. The highest BCUT2D eigenvalue weighted by molar-refractivity contribution is 9.10. The third-order valence-corrected chi connectivity index (χ3v) is 3.12. The number of benzene rings is 1. The van der Waals surface area contributed by atoms with Crippen LogP contribution in [0.2, 0.25) is 0 Å². The Morgan fingerprint density at radius 2 is 2.20 bits per heavy atom. The van der Waals surface area contributed by atoms with Crippen molar-refractivity contribution in [2.24, 2.45) is 0 Å². The molecule has 5 nitrogen and oxygen atoms in total. The first kappa shape index (κ1) is 14.3. The molecule has 2 aromatic rings. The fourth-order valence-electron chi connectivity index (χ4n) is 1.53. The summed E-state index contributed by atoms with van der Waals surface area (Å²) in [6.45, 7) is 0. The van der Waals surface area contributed by atoms with E-state index >= 15 is 0 Å². The minimum absolute atomic E-state index is 0.101. The van der Waals surface area contributed by atoms with E-state index in [4.69, 9.17) is 10.5 Å². The Bertz CT molecular complexity index is 664. The van der Waals surface area contributed by atoms with Crippen molar-refractivity contribution in [3.05, 3.63) is 46.3 Å². The molecule has 7 heteroatoms. The van der Waals surface area contributed by atoms with E-state index in [-0.39, 0.29) is 11.4 Å². The van der Waals surface area contributed by atoms with E-state index in [9.17, 15) is 9.18 Å². The summed E-state index contributed by atoms with van der Waals surface area (Å²) in [5, 5.41) is 2.50. The molecule has 0 saturated carbocycles. The van der Waals surface area contributed by atoms with Crippen LogP contribution in [-0.4, -0.2) is 18.0 Å². The standard InChI is InChI=1S/C13H11BrFN3O2/c1-20-8-2-3-9(11(15)5-8)13(19)18-12-10(14)4-7(16)6-17-12/h2-6H,16H2,1H3,(H,17,18,19). The zero-order valence-corrected chi connectivity index (χ0v) is 12.1. The van der Waals surface area contributed by atoms with Crippen LogP contribution in [0.15, 0.2) is 34.9 Å². The van der Waals surface area contributed by atoms with Gasteiger partial charge in [-0.25, -0.2) is 9.37 Å². The maximum atomic E-state index is 13.8. The zero-order valence-electron chi connectivity index (χ0n) is 10.5. The number of carbonyl (C=O) groups excluding carboxylic acids is 1. The number of nitrogens with one attached hydrogen (secondary N) is 1. The first-order chi connectivity index (χ1) is 9.51. The summed E-state index contributed by atoms with van der Waals surface area (Å²) in [4.78, 5) is 15.9. The molecule has 1 aromatic carbocycles. The molecule has 1 aromatic heterocycles. The summed E-state index contributed by atoms with van der Waals surface area (Å²) in [6.07, 6.45) is 1.39. The van der Waals surface area contributed by atoms with E-state index in [2.05, 4.69) is 26.2 Å². The van der Waals surface area contributed by atoms with E-state index in [0.717, 1.165) is 6.07 Å². The summed E-state index contributed by atoms with van der Waals surface area (Å²) in [6, 6.07) is 5.57. The zero-order chi connectivity index (χ0) is 14.7. The molecule has 0 aliphatic rings. The molecule has 1 amide bonds. The average molecular weight is 340 g/mol. The summed E-state index contributed by atoms with van der Waals surface area (Å²) < 4.78 is 19.2. The highest BCUT2D eigenvalue weighted by Crippen LogP contribution is 2.23. The molecular formula is C13H11BrFN3O2. The van der Waals surface area contributed by atoms with Gasteiger partial charge in [0.05, 0.1) is 29.0 Å². The van der Waals surface area contributed by atoms with Crippen LogP contribution >= 0.6 is 15.9 Å². The number of carbonyl (C=O) groups is 1. The van der Waals surface area contributed by atoms with Gasteiger partial charge < -0.3 is 15.8 Å². The van der Waals surface area contributed by atoms with Gasteiger partial charge in [0, 0.05) is 6.07 Å². The van der Waals surface area contributed by atoms with Crippen LogP contribution < -0.4 is 15.8 Å². The quantitative estimate of drug-likeness (QED) is 0.901. The Kier molecular flexibility index (Phi) is 4.19. The molecule has 0 atom stereocenters. The normalized spacial score (nSPS) is 10.2. The number of ether oxygens (including phenoxy) is 1. The molecule has 20 heavy (non-hydrogen) atoms. The number of nitrogen functional groups attached to an aromatic ring is 1. The van der Waals surface area contributed by atoms with Gasteiger partial charge in [-0.1, -0.05) is 0 Å². The van der Waals surface area contributed by atoms with Crippen LogP contribution in [0.5, 0.6) is 5.75 Å². The summed E-state index contributed by atoms with van der Waals surface area (Å²) in [7, 11) is 1.42. The van der Waals surface area contributed by atoms with Crippen LogP contribution in [0.4, 0.5) is 15.9 Å². The number of hydrogen-bond acceptors (Lipinski definition) is 4. The SMILES string of the molecule is COc1ccc(C(=O)Nc2ncc(N)cc2Br)c(F)c1. The molecular weight excluding hydrogens is 329 g/mol. The highest BCUT2D eigenvalue weighted by Gasteiger charge is 2.14. The molecule has 0 unspecified atom stereocenters. The Hall–Kier alpha value is -2.15. The van der Waals surface area contributed by atoms with Crippen molar-refractivity contribution in [1.82, 2.24) is 4.98 Å². The Labute approximate surface area is 123 Å². The van der Waals surface area contributed by atoms with Crippen molar-refractivity contribution in [2.75, 3.05) is 18.2 Å². The lowest BCUT2D eigenvalue weighted by Gasteiger charge is -2.08. The second-order valence-corrected chi connectivity index (χ2v) is 4.75. The number of aromatic nitrogens is 1. The molecule has 104 valence electrons. The smallest absolute Gasteiger partial charge is 0.259 e. The second-order valence-electron chi connectivity index (χ2n) is 3.90. The Balaban J connectivity index is 2.24. The van der Waals surface area contributed by atoms with E-state index in [0.29, 0.717) is 15.9 Å². The number of methoxy groups -OCH3 is 1. The van der Waals surface area contributed by atoms with Gasteiger partial charge in [-0.3, -0.25) is 4.79 Å². The fourth-order valence-corrected chi connectivity index (χ4v) is 1.99. The molecule has 0 spiro atoms. The van der Waals surface area contributed by atoms with Gasteiger partial charge in [-0.05, 0) is 34.1 Å². The van der Waals surface area contributed by atoms with Crippen molar-refractivity contribution in [3.63, 3.8) is 0 Å². The molecule has 0 fully saturated rings. The van der Waals surface area contributed by atoms with Crippen LogP contribution in [0.25, 0.3) is 0 Å². The van der Waals surface area contributed by atoms with Crippen molar-refractivity contribution >= 4 is 33.3 Å². The van der Waals surface area contributed by atoms with Gasteiger partial charge >= 0.3 is 0 Å². The molecule has 0 saturated heterocycles. The monoisotopic (exact) mass is 339 g/mol. The van der Waals surface area contributed by atoms with Gasteiger partial charge in [0.2, 0.25) is 0 Å². The summed E-state index contributed by atoms with van der Waals surface area (Å²) in [5.41, 5.74) is 5.90. The largest absolute Gasteiger partial charge is 0.497 e. The maximum absolute atomic E-state index is 13.8. The van der Waals surface area contributed by atoms with Gasteiger partial charge in [-0.2, -0.15) is 0 Å². The number of nitrogens with two attached hydrogens (primary N) is 1. The van der Waals surface area contributed by atoms with Crippen LogP contribution in [-0.2, 0) is 0 Å². The first-order valence-corrected chi connectivity index (χ1v) is 6.36. The number of hydrogen-bond donors (Lipinski definition) is 2. The predicted octanol–water partition coefficient (Wildman–Crippen LogP) is 2.83. The van der Waals surface area contributed by atoms with E-state index in [1.807, 2.05) is 0 Å². The van der Waals surface area contributed by atoms with Crippen molar-refractivity contribution in [2.45, 2.75) is 0 Å². The molecule has 0 bridgehead atoms. The minimum atomic E-state index is -0.673. The summed E-state index contributed by atoms with van der Waals surface area (Å²) >= 11 is 3.22. The lowest BCUT2D eigenvalue weighted by atomic mass is 10.2. The second kappa shape index (κ2) is 5.87. The number of amides is 1. The highest BCUT2D eigenvalue weighted by atomic mass is 79.9. The van der Waals surface area contributed by atoms with E-state index in [1.54, 1.807) is 6.07 Å². The maximum Gasteiger partial charge on any atom is 0.259 e. The molecule has 0 aliphatic carbocycles. The average Bonchev–Trinajstić information content (AvgIpc) is 2.41. The molecule has 0 aliphatic heterocycles. The van der Waals surface area contributed by atoms with Crippen LogP contribution in [0.3, 0.4) is 0 Å². The fraction of sp³-hybridized carbons (Fsp3) is 0.0769. The van der Waals surface area contributed by atoms with Crippen molar-refractivity contribution in [1.29, 1.82) is 0 Å². The lowest BCUT2D eigenvalue weighted by Crippen LogP contribution is -2.15. The van der Waals surface area contributed by atoms with Gasteiger partial charge in [-0.15, -0.1) is 0 Å². The number of nitrogens with zero attached hydrogens (tertiary/aromatic N) is 1. The topological polar surface area (TPSA) is 77.2 Å². The molecule has 2 rings (SSSR count). The van der Waals surface area contributed by atoms with E-state index in [1.165, 1.54) is 25.4 Å². The predicted molar refractivity (Wildman–Crippen MR) is 77.3 cm³/mol. The minimum Gasteiger partial charge on any atom is -0.497 e. The van der Waals surface area contributed by atoms with Crippen molar-refractivity contribution in [3.8, 4) is 5.75 Å². The lowest BCUT2D eigenvalue weighted by molar-refractivity contribution is 0.102. The number of anilines is 2. The van der Waals surface area contributed by atoms with Gasteiger partial charge in [0.1, 0.15) is 17.4 Å². The van der Waals surface area contributed by atoms with Gasteiger partial charge in [0.15, 0.2) is 0 Å². The third-order valence-electron chi connectivity index (χ3n) is 2.52. The third kappa shape index (κ3) is 3.05. The van der Waals surface area contributed by atoms with Crippen LogP contribution in [0, 0.1) is 5.82 Å². The first-order valence-electron chi connectivity index (χ1n) is 5.57. The molecule has 0 radical (unpaired) electrons. The Morgan fingerprint density at radius 1 is 1.45 bits per heavy atom.